The molecule has 0 aliphatic heterocycles. The third-order valence-electron chi connectivity index (χ3n) is 5.01. The van der Waals surface area contributed by atoms with E-state index in [0.717, 1.165) is 28.1 Å². The predicted molar refractivity (Wildman–Crippen MR) is 136 cm³/mol. The fourth-order valence-electron chi connectivity index (χ4n) is 3.23. The summed E-state index contributed by atoms with van der Waals surface area (Å²) < 4.78 is 1.81. The molecule has 2 aromatic carbocycles. The van der Waals surface area contributed by atoms with E-state index in [1.54, 1.807) is 12.1 Å². The summed E-state index contributed by atoms with van der Waals surface area (Å²) in [6.45, 7) is 9.15. The highest BCUT2D eigenvalue weighted by atomic mass is 35.5. The van der Waals surface area contributed by atoms with E-state index in [1.807, 2.05) is 67.9 Å². The molecule has 3 rings (SSSR count). The van der Waals surface area contributed by atoms with Crippen molar-refractivity contribution in [3.8, 4) is 11.3 Å². The monoisotopic (exact) mass is 486 g/mol. The Kier molecular flexibility index (Phi) is 9.92. The minimum atomic E-state index is -0.871. The van der Waals surface area contributed by atoms with Crippen LogP contribution in [0.5, 0.6) is 0 Å². The number of aromatic nitrogens is 2. The highest BCUT2D eigenvalue weighted by Gasteiger charge is 2.23. The molecule has 0 spiro atoms. The Bertz CT molecular complexity index is 1150. The van der Waals surface area contributed by atoms with Crippen LogP contribution in [0.3, 0.4) is 0 Å². The number of halogens is 2. The lowest BCUT2D eigenvalue weighted by Crippen LogP contribution is -2.15. The number of carboxylic acid groups (broad SMARTS) is 1. The van der Waals surface area contributed by atoms with Crippen molar-refractivity contribution in [1.29, 1.82) is 0 Å². The standard InChI is InChI=1S/C23H22Cl2N2O2.C3H6O/c1-4-15(3)27-22(17-8-9-20(24)21(25)11-17)13-18(26-27)12-19(23(28)29)16-7-5-6-14(2)10-16;1-2-3-4/h4-11,13,19H,12H2,1-3H3,(H,28,29);2,4H,1,3H2/b15-4+;. The fraction of sp³-hybridized carbons (Fsp3) is 0.231. The minimum Gasteiger partial charge on any atom is -0.481 e. The van der Waals surface area contributed by atoms with Gasteiger partial charge in [-0.15, -0.1) is 6.58 Å². The zero-order valence-electron chi connectivity index (χ0n) is 18.9. The molecular formula is C26H28Cl2N2O3. The van der Waals surface area contributed by atoms with Gasteiger partial charge in [0.05, 0.1) is 34.0 Å². The van der Waals surface area contributed by atoms with E-state index in [2.05, 4.69) is 11.7 Å². The molecule has 33 heavy (non-hydrogen) atoms. The van der Waals surface area contributed by atoms with E-state index < -0.39 is 11.9 Å². The predicted octanol–water partition coefficient (Wildman–Crippen LogP) is 6.62. The lowest BCUT2D eigenvalue weighted by atomic mass is 9.93. The molecule has 0 saturated carbocycles. The third-order valence-corrected chi connectivity index (χ3v) is 5.75. The summed E-state index contributed by atoms with van der Waals surface area (Å²) in [7, 11) is 0. The number of rotatable bonds is 7. The second kappa shape index (κ2) is 12.4. The molecule has 174 valence electrons. The lowest BCUT2D eigenvalue weighted by Gasteiger charge is -2.12. The Labute approximate surface area is 204 Å². The summed E-state index contributed by atoms with van der Waals surface area (Å²) in [4.78, 5) is 12.0. The summed E-state index contributed by atoms with van der Waals surface area (Å²) in [5.74, 6) is -1.55. The number of hydrogen-bond acceptors (Lipinski definition) is 3. The number of hydrogen-bond donors (Lipinski definition) is 2. The van der Waals surface area contributed by atoms with Crippen LogP contribution in [-0.2, 0) is 11.2 Å². The fourth-order valence-corrected chi connectivity index (χ4v) is 3.52. The van der Waals surface area contributed by atoms with Gasteiger partial charge in [0.1, 0.15) is 0 Å². The highest BCUT2D eigenvalue weighted by Crippen LogP contribution is 2.31. The normalized spacial score (nSPS) is 12.0. The topological polar surface area (TPSA) is 75.4 Å². The van der Waals surface area contributed by atoms with Crippen LogP contribution in [0, 0.1) is 6.92 Å². The molecule has 7 heteroatoms. The maximum Gasteiger partial charge on any atom is 0.311 e. The first-order chi connectivity index (χ1) is 15.7. The molecule has 0 saturated heterocycles. The Morgan fingerprint density at radius 2 is 1.88 bits per heavy atom. The minimum absolute atomic E-state index is 0.0833. The number of benzene rings is 2. The molecule has 1 heterocycles. The Morgan fingerprint density at radius 1 is 1.18 bits per heavy atom. The third kappa shape index (κ3) is 7.06. The van der Waals surface area contributed by atoms with Gasteiger partial charge >= 0.3 is 5.97 Å². The van der Waals surface area contributed by atoms with Crippen LogP contribution in [0.2, 0.25) is 10.0 Å². The summed E-state index contributed by atoms with van der Waals surface area (Å²) in [6, 6.07) is 14.9. The van der Waals surface area contributed by atoms with E-state index in [4.69, 9.17) is 28.3 Å². The Hall–Kier alpha value is -2.86. The van der Waals surface area contributed by atoms with Gasteiger partial charge in [-0.1, -0.05) is 71.2 Å². The first kappa shape index (κ1) is 26.4. The molecule has 1 unspecified atom stereocenters. The molecular weight excluding hydrogens is 459 g/mol. The van der Waals surface area contributed by atoms with E-state index in [0.29, 0.717) is 15.7 Å². The van der Waals surface area contributed by atoms with Gasteiger partial charge in [-0.3, -0.25) is 4.79 Å². The molecule has 1 atom stereocenters. The van der Waals surface area contributed by atoms with Gasteiger partial charge in [0.15, 0.2) is 0 Å². The van der Waals surface area contributed by atoms with Crippen molar-refractivity contribution in [3.63, 3.8) is 0 Å². The van der Waals surface area contributed by atoms with Gasteiger partial charge in [0, 0.05) is 17.7 Å². The lowest BCUT2D eigenvalue weighted by molar-refractivity contribution is -0.138. The van der Waals surface area contributed by atoms with Crippen LogP contribution >= 0.6 is 23.2 Å². The molecule has 0 radical (unpaired) electrons. The summed E-state index contributed by atoms with van der Waals surface area (Å²) in [5, 5.41) is 23.2. The number of allylic oxidation sites excluding steroid dienone is 2. The highest BCUT2D eigenvalue weighted by molar-refractivity contribution is 6.42. The smallest absolute Gasteiger partial charge is 0.311 e. The number of carbonyl (C=O) groups is 1. The van der Waals surface area contributed by atoms with Crippen molar-refractivity contribution >= 4 is 34.9 Å². The Balaban J connectivity index is 0.000000890. The number of aliphatic hydroxyl groups is 1. The summed E-state index contributed by atoms with van der Waals surface area (Å²) in [6.07, 6.45) is 3.67. The number of aliphatic hydroxyl groups excluding tert-OH is 1. The van der Waals surface area contributed by atoms with Crippen molar-refractivity contribution in [2.75, 3.05) is 6.61 Å². The van der Waals surface area contributed by atoms with Crippen molar-refractivity contribution in [1.82, 2.24) is 9.78 Å². The van der Waals surface area contributed by atoms with Gasteiger partial charge in [-0.05, 0) is 44.5 Å². The largest absolute Gasteiger partial charge is 0.481 e. The number of nitrogens with zero attached hydrogens (tertiary/aromatic N) is 2. The van der Waals surface area contributed by atoms with Gasteiger partial charge in [0.25, 0.3) is 0 Å². The van der Waals surface area contributed by atoms with Gasteiger partial charge in [-0.2, -0.15) is 5.10 Å². The molecule has 5 nitrogen and oxygen atoms in total. The van der Waals surface area contributed by atoms with Crippen LogP contribution < -0.4 is 0 Å². The number of carboxylic acids is 1. The zero-order chi connectivity index (χ0) is 24.5. The average Bonchev–Trinajstić information content (AvgIpc) is 3.22. The van der Waals surface area contributed by atoms with Crippen molar-refractivity contribution in [3.05, 3.63) is 94.1 Å². The Morgan fingerprint density at radius 3 is 2.42 bits per heavy atom. The SMILES string of the molecule is C/C=C(\C)n1nc(CC(C(=O)O)c2cccc(C)c2)cc1-c1ccc(Cl)c(Cl)c1.C=CCO. The first-order valence-electron chi connectivity index (χ1n) is 10.4. The zero-order valence-corrected chi connectivity index (χ0v) is 20.4. The van der Waals surface area contributed by atoms with Crippen LogP contribution in [0.4, 0.5) is 0 Å². The molecule has 0 aliphatic rings. The van der Waals surface area contributed by atoms with Crippen LogP contribution in [0.15, 0.2) is 67.3 Å². The van der Waals surface area contributed by atoms with E-state index >= 15 is 0 Å². The number of aliphatic carboxylic acids is 1. The number of aryl methyl sites for hydroxylation is 1. The molecule has 1 aromatic heterocycles. The molecule has 0 amide bonds. The van der Waals surface area contributed by atoms with Gasteiger partial charge in [0.2, 0.25) is 0 Å². The second-order valence-electron chi connectivity index (χ2n) is 7.47. The van der Waals surface area contributed by atoms with Crippen molar-refractivity contribution in [2.45, 2.75) is 33.1 Å². The maximum absolute atomic E-state index is 12.0. The molecule has 3 aromatic rings. The van der Waals surface area contributed by atoms with E-state index in [9.17, 15) is 9.90 Å². The van der Waals surface area contributed by atoms with E-state index in [1.165, 1.54) is 6.08 Å². The molecule has 2 N–H and O–H groups in total. The van der Waals surface area contributed by atoms with Crippen LogP contribution in [0.1, 0.15) is 36.6 Å². The van der Waals surface area contributed by atoms with E-state index in [-0.39, 0.29) is 13.0 Å². The maximum atomic E-state index is 12.0. The quantitative estimate of drug-likeness (QED) is 0.367. The molecule has 0 fully saturated rings. The van der Waals surface area contributed by atoms with Gasteiger partial charge in [-0.25, -0.2) is 4.68 Å². The van der Waals surface area contributed by atoms with Crippen LogP contribution in [-0.4, -0.2) is 32.6 Å². The van der Waals surface area contributed by atoms with Gasteiger partial charge < -0.3 is 10.2 Å². The first-order valence-corrected chi connectivity index (χ1v) is 11.2. The van der Waals surface area contributed by atoms with Crippen molar-refractivity contribution < 1.29 is 15.0 Å². The average molecular weight is 487 g/mol. The molecule has 0 bridgehead atoms. The summed E-state index contributed by atoms with van der Waals surface area (Å²) >= 11 is 12.3. The second-order valence-corrected chi connectivity index (χ2v) is 8.29. The van der Waals surface area contributed by atoms with Crippen LogP contribution in [0.25, 0.3) is 17.0 Å². The summed E-state index contributed by atoms with van der Waals surface area (Å²) in [5.41, 5.74) is 5.12. The molecule has 0 aliphatic carbocycles. The van der Waals surface area contributed by atoms with Crippen molar-refractivity contribution in [2.24, 2.45) is 0 Å².